The van der Waals surface area contributed by atoms with Crippen molar-refractivity contribution in [1.82, 2.24) is 10.1 Å². The smallest absolute Gasteiger partial charge is 0.239 e. The molecule has 0 spiro atoms. The number of anilines is 2. The Morgan fingerprint density at radius 3 is 2.71 bits per heavy atom. The topological polar surface area (TPSA) is 86.2 Å². The van der Waals surface area contributed by atoms with E-state index in [-0.39, 0.29) is 0 Å². The van der Waals surface area contributed by atoms with E-state index in [0.717, 1.165) is 17.0 Å². The van der Waals surface area contributed by atoms with Gasteiger partial charge in [0.25, 0.3) is 0 Å². The number of aryl methyl sites for hydroxylation is 2. The van der Waals surface area contributed by atoms with Gasteiger partial charge in [0.15, 0.2) is 0 Å². The minimum Gasteiger partial charge on any atom is -0.476 e. The average molecular weight is 290 g/mol. The Labute approximate surface area is 124 Å². The van der Waals surface area contributed by atoms with Gasteiger partial charge in [0, 0.05) is 12.1 Å². The van der Waals surface area contributed by atoms with Crippen LogP contribution in [0.25, 0.3) is 0 Å². The van der Waals surface area contributed by atoms with Gasteiger partial charge < -0.3 is 20.3 Å². The van der Waals surface area contributed by atoms with E-state index in [1.807, 2.05) is 19.9 Å². The number of ether oxygens (including phenoxy) is 1. The number of aromatic nitrogens is 2. The Morgan fingerprint density at radius 2 is 2.10 bits per heavy atom. The molecule has 114 valence electrons. The van der Waals surface area contributed by atoms with E-state index in [9.17, 15) is 0 Å². The minimum atomic E-state index is 0.421. The third-order valence-corrected chi connectivity index (χ3v) is 3.07. The predicted octanol–water partition coefficient (Wildman–Crippen LogP) is 2.92. The summed E-state index contributed by atoms with van der Waals surface area (Å²) in [7, 11) is 0. The predicted molar refractivity (Wildman–Crippen MR) is 82.3 cm³/mol. The highest BCUT2D eigenvalue weighted by atomic mass is 16.5. The Bertz CT molecular complexity index is 588. The van der Waals surface area contributed by atoms with Crippen molar-refractivity contribution in [2.24, 2.45) is 5.92 Å². The Balaban J connectivity index is 2.05. The number of nitrogens with two attached hydrogens (primary N) is 1. The lowest BCUT2D eigenvalue weighted by Gasteiger charge is -2.12. The van der Waals surface area contributed by atoms with Gasteiger partial charge in [-0.05, 0) is 31.9 Å². The SMILES string of the molecule is Cc1noc(C)c1CNc1ccc(N)c(OCC(C)C)n1. The number of hydrogen-bond acceptors (Lipinski definition) is 6. The molecule has 6 heteroatoms. The average Bonchev–Trinajstić information content (AvgIpc) is 2.75. The first-order valence-corrected chi connectivity index (χ1v) is 7.02. The fourth-order valence-electron chi connectivity index (χ4n) is 1.84. The molecule has 0 aliphatic rings. The molecule has 21 heavy (non-hydrogen) atoms. The van der Waals surface area contributed by atoms with Gasteiger partial charge in [0.05, 0.1) is 18.0 Å². The highest BCUT2D eigenvalue weighted by Gasteiger charge is 2.10. The maximum atomic E-state index is 5.87. The quantitative estimate of drug-likeness (QED) is 0.850. The zero-order valence-electron chi connectivity index (χ0n) is 12.9. The summed E-state index contributed by atoms with van der Waals surface area (Å²) in [5.74, 6) is 2.41. The second-order valence-electron chi connectivity index (χ2n) is 5.45. The second-order valence-corrected chi connectivity index (χ2v) is 5.45. The lowest BCUT2D eigenvalue weighted by Crippen LogP contribution is -2.09. The van der Waals surface area contributed by atoms with Crippen LogP contribution in [-0.4, -0.2) is 16.7 Å². The lowest BCUT2D eigenvalue weighted by molar-refractivity contribution is 0.263. The van der Waals surface area contributed by atoms with Crippen molar-refractivity contribution in [3.63, 3.8) is 0 Å². The van der Waals surface area contributed by atoms with Gasteiger partial charge in [0.1, 0.15) is 11.6 Å². The van der Waals surface area contributed by atoms with Crippen molar-refractivity contribution >= 4 is 11.5 Å². The molecule has 0 fully saturated rings. The molecule has 0 saturated heterocycles. The first kappa shape index (κ1) is 15.2. The number of nitrogens with zero attached hydrogens (tertiary/aromatic N) is 2. The summed E-state index contributed by atoms with van der Waals surface area (Å²) >= 11 is 0. The molecule has 0 aromatic carbocycles. The van der Waals surface area contributed by atoms with Crippen molar-refractivity contribution in [2.45, 2.75) is 34.2 Å². The second kappa shape index (κ2) is 6.47. The van der Waals surface area contributed by atoms with Crippen LogP contribution in [0.2, 0.25) is 0 Å². The Kier molecular flexibility index (Phi) is 4.67. The molecule has 0 aliphatic heterocycles. The molecule has 2 aromatic rings. The monoisotopic (exact) mass is 290 g/mol. The van der Waals surface area contributed by atoms with Gasteiger partial charge in [-0.1, -0.05) is 19.0 Å². The van der Waals surface area contributed by atoms with Crippen LogP contribution in [0, 0.1) is 19.8 Å². The number of pyridine rings is 1. The first-order chi connectivity index (χ1) is 9.97. The number of nitrogens with one attached hydrogen (secondary N) is 1. The van der Waals surface area contributed by atoms with Crippen LogP contribution in [0.15, 0.2) is 16.7 Å². The van der Waals surface area contributed by atoms with Gasteiger partial charge in [-0.2, -0.15) is 4.98 Å². The normalized spacial score (nSPS) is 10.9. The molecule has 2 heterocycles. The van der Waals surface area contributed by atoms with Gasteiger partial charge in [-0.15, -0.1) is 0 Å². The molecule has 0 unspecified atom stereocenters. The zero-order valence-corrected chi connectivity index (χ0v) is 12.9. The molecule has 6 nitrogen and oxygen atoms in total. The van der Waals surface area contributed by atoms with E-state index < -0.39 is 0 Å². The Morgan fingerprint density at radius 1 is 1.33 bits per heavy atom. The van der Waals surface area contributed by atoms with Crippen LogP contribution in [0.4, 0.5) is 11.5 Å². The van der Waals surface area contributed by atoms with Crippen LogP contribution < -0.4 is 15.8 Å². The summed E-state index contributed by atoms with van der Waals surface area (Å²) in [6, 6.07) is 3.62. The zero-order chi connectivity index (χ0) is 15.4. The third kappa shape index (κ3) is 3.87. The maximum Gasteiger partial charge on any atom is 0.239 e. The molecule has 2 rings (SSSR count). The van der Waals surface area contributed by atoms with E-state index in [2.05, 4.69) is 29.3 Å². The van der Waals surface area contributed by atoms with E-state index in [0.29, 0.717) is 36.5 Å². The van der Waals surface area contributed by atoms with Crippen LogP contribution >= 0.6 is 0 Å². The van der Waals surface area contributed by atoms with Gasteiger partial charge >= 0.3 is 0 Å². The minimum absolute atomic E-state index is 0.421. The van der Waals surface area contributed by atoms with Crippen LogP contribution in [0.3, 0.4) is 0 Å². The summed E-state index contributed by atoms with van der Waals surface area (Å²) in [5, 5.41) is 7.17. The molecule has 2 aromatic heterocycles. The van der Waals surface area contributed by atoms with E-state index in [1.54, 1.807) is 6.07 Å². The van der Waals surface area contributed by atoms with Crippen molar-refractivity contribution in [2.75, 3.05) is 17.7 Å². The fraction of sp³-hybridized carbons (Fsp3) is 0.467. The van der Waals surface area contributed by atoms with E-state index in [4.69, 9.17) is 15.0 Å². The van der Waals surface area contributed by atoms with Gasteiger partial charge in [-0.3, -0.25) is 0 Å². The standard InChI is InChI=1S/C15H22N4O2/c1-9(2)8-20-15-13(16)5-6-14(18-15)17-7-12-10(3)19-21-11(12)4/h5-6,9H,7-8,16H2,1-4H3,(H,17,18). The number of hydrogen-bond donors (Lipinski definition) is 2. The molecule has 0 atom stereocenters. The van der Waals surface area contributed by atoms with Gasteiger partial charge in [0.2, 0.25) is 5.88 Å². The van der Waals surface area contributed by atoms with Crippen molar-refractivity contribution in [3.8, 4) is 5.88 Å². The van der Waals surface area contributed by atoms with Crippen LogP contribution in [0.1, 0.15) is 30.9 Å². The molecule has 0 bridgehead atoms. The summed E-state index contributed by atoms with van der Waals surface area (Å²) < 4.78 is 10.8. The Hall–Kier alpha value is -2.24. The highest BCUT2D eigenvalue weighted by Crippen LogP contribution is 2.22. The van der Waals surface area contributed by atoms with Crippen LogP contribution in [-0.2, 0) is 6.54 Å². The maximum absolute atomic E-state index is 5.87. The molecule has 0 saturated carbocycles. The lowest BCUT2D eigenvalue weighted by atomic mass is 10.2. The highest BCUT2D eigenvalue weighted by molar-refractivity contribution is 5.53. The van der Waals surface area contributed by atoms with Crippen LogP contribution in [0.5, 0.6) is 5.88 Å². The molecular formula is C15H22N4O2. The number of rotatable bonds is 6. The van der Waals surface area contributed by atoms with Crippen molar-refractivity contribution < 1.29 is 9.26 Å². The summed E-state index contributed by atoms with van der Waals surface area (Å²) in [6.45, 7) is 9.16. The molecule has 0 amide bonds. The summed E-state index contributed by atoms with van der Waals surface area (Å²) in [6.07, 6.45) is 0. The molecular weight excluding hydrogens is 268 g/mol. The summed E-state index contributed by atoms with van der Waals surface area (Å²) in [4.78, 5) is 4.39. The van der Waals surface area contributed by atoms with Crippen molar-refractivity contribution in [1.29, 1.82) is 0 Å². The summed E-state index contributed by atoms with van der Waals surface area (Å²) in [5.41, 5.74) is 8.34. The molecule has 3 N–H and O–H groups in total. The van der Waals surface area contributed by atoms with E-state index >= 15 is 0 Å². The van der Waals surface area contributed by atoms with E-state index in [1.165, 1.54) is 0 Å². The molecule has 0 radical (unpaired) electrons. The largest absolute Gasteiger partial charge is 0.476 e. The van der Waals surface area contributed by atoms with Crippen molar-refractivity contribution in [3.05, 3.63) is 29.2 Å². The molecule has 0 aliphatic carbocycles. The fourth-order valence-corrected chi connectivity index (χ4v) is 1.84. The number of nitrogen functional groups attached to an aromatic ring is 1. The van der Waals surface area contributed by atoms with Gasteiger partial charge in [-0.25, -0.2) is 0 Å². The third-order valence-electron chi connectivity index (χ3n) is 3.07. The first-order valence-electron chi connectivity index (χ1n) is 7.02.